The van der Waals surface area contributed by atoms with Gasteiger partial charge in [0.05, 0.1) is 5.75 Å². The van der Waals surface area contributed by atoms with Crippen molar-refractivity contribution in [1.29, 1.82) is 0 Å². The molecule has 0 spiro atoms. The monoisotopic (exact) mass is 342 g/mol. The minimum absolute atomic E-state index is 0.1000. The van der Waals surface area contributed by atoms with E-state index >= 15 is 0 Å². The summed E-state index contributed by atoms with van der Waals surface area (Å²) >= 11 is 1.79. The number of rotatable bonds is 7. The van der Waals surface area contributed by atoms with Crippen molar-refractivity contribution < 1.29 is 9.53 Å². The largest absolute Gasteiger partial charge is 0.439 e. The minimum atomic E-state index is 0.1000. The zero-order valence-electron chi connectivity index (χ0n) is 13.6. The van der Waals surface area contributed by atoms with E-state index in [-0.39, 0.29) is 5.91 Å². The molecule has 1 aliphatic carbocycles. The van der Waals surface area contributed by atoms with Gasteiger partial charge in [0.25, 0.3) is 0 Å². The predicted molar refractivity (Wildman–Crippen MR) is 97.3 cm³/mol. The van der Waals surface area contributed by atoms with E-state index in [0.717, 1.165) is 11.3 Å². The van der Waals surface area contributed by atoms with E-state index in [4.69, 9.17) is 4.74 Å². The standard InChI is InChI=1S/C19H22N2O2S/c22-18(14-24-17-8-1-2-9-17)21-13-15-6-5-7-16(12-15)23-19-10-3-4-11-20-19/h3-7,10-12,17H,1-2,8-9,13-14H2,(H,21,22). The van der Waals surface area contributed by atoms with E-state index in [0.29, 0.717) is 23.4 Å². The lowest BCUT2D eigenvalue weighted by Crippen LogP contribution is -2.25. The summed E-state index contributed by atoms with van der Waals surface area (Å²) in [5, 5.41) is 3.66. The van der Waals surface area contributed by atoms with Gasteiger partial charge in [0.15, 0.2) is 0 Å². The molecule has 1 heterocycles. The molecule has 1 saturated carbocycles. The molecule has 3 rings (SSSR count). The molecule has 0 saturated heterocycles. The molecule has 2 aromatic rings. The van der Waals surface area contributed by atoms with Crippen LogP contribution in [0.4, 0.5) is 0 Å². The van der Waals surface area contributed by atoms with Crippen molar-refractivity contribution in [3.63, 3.8) is 0 Å². The molecule has 126 valence electrons. The van der Waals surface area contributed by atoms with Crippen LogP contribution in [0.3, 0.4) is 0 Å². The van der Waals surface area contributed by atoms with Gasteiger partial charge in [0.1, 0.15) is 5.75 Å². The van der Waals surface area contributed by atoms with Crippen molar-refractivity contribution in [2.24, 2.45) is 0 Å². The van der Waals surface area contributed by atoms with Gasteiger partial charge in [0.2, 0.25) is 11.8 Å². The van der Waals surface area contributed by atoms with Gasteiger partial charge < -0.3 is 10.1 Å². The van der Waals surface area contributed by atoms with Gasteiger partial charge in [-0.1, -0.05) is 31.0 Å². The van der Waals surface area contributed by atoms with Gasteiger partial charge in [0, 0.05) is 24.1 Å². The molecule has 0 aliphatic heterocycles. The van der Waals surface area contributed by atoms with Gasteiger partial charge in [-0.25, -0.2) is 4.98 Å². The van der Waals surface area contributed by atoms with Crippen LogP contribution in [0.1, 0.15) is 31.2 Å². The second-order valence-corrected chi connectivity index (χ2v) is 7.20. The normalized spacial score (nSPS) is 14.5. The van der Waals surface area contributed by atoms with Crippen LogP contribution in [0.5, 0.6) is 11.6 Å². The van der Waals surface area contributed by atoms with Gasteiger partial charge >= 0.3 is 0 Å². The first-order valence-electron chi connectivity index (χ1n) is 8.36. The number of pyridine rings is 1. The Kier molecular flexibility index (Phi) is 6.13. The summed E-state index contributed by atoms with van der Waals surface area (Å²) in [4.78, 5) is 16.1. The summed E-state index contributed by atoms with van der Waals surface area (Å²) in [6, 6.07) is 13.3. The first kappa shape index (κ1) is 16.8. The molecular formula is C19H22N2O2S. The quantitative estimate of drug-likeness (QED) is 0.820. The topological polar surface area (TPSA) is 51.2 Å². The molecule has 1 amide bonds. The van der Waals surface area contributed by atoms with Crippen LogP contribution in [-0.4, -0.2) is 21.9 Å². The predicted octanol–water partition coefficient (Wildman–Crippen LogP) is 4.17. The molecule has 24 heavy (non-hydrogen) atoms. The molecule has 0 unspecified atom stereocenters. The molecule has 0 atom stereocenters. The van der Waals surface area contributed by atoms with E-state index in [1.807, 2.05) is 42.5 Å². The lowest BCUT2D eigenvalue weighted by molar-refractivity contribution is -0.118. The Morgan fingerprint density at radius 3 is 2.88 bits per heavy atom. The Balaban J connectivity index is 1.46. The zero-order chi connectivity index (χ0) is 16.6. The van der Waals surface area contributed by atoms with Crippen LogP contribution in [0.25, 0.3) is 0 Å². The highest BCUT2D eigenvalue weighted by atomic mass is 32.2. The van der Waals surface area contributed by atoms with Gasteiger partial charge in [-0.15, -0.1) is 11.8 Å². The Morgan fingerprint density at radius 2 is 2.08 bits per heavy atom. The first-order chi connectivity index (χ1) is 11.8. The third-order valence-corrected chi connectivity index (χ3v) is 5.37. The number of benzene rings is 1. The average molecular weight is 342 g/mol. The van der Waals surface area contributed by atoms with Crippen LogP contribution in [0.15, 0.2) is 48.7 Å². The number of nitrogens with zero attached hydrogens (tertiary/aromatic N) is 1. The second kappa shape index (κ2) is 8.73. The number of carbonyl (C=O) groups is 1. The molecule has 5 heteroatoms. The van der Waals surface area contributed by atoms with Crippen LogP contribution >= 0.6 is 11.8 Å². The highest BCUT2D eigenvalue weighted by Crippen LogP contribution is 2.29. The SMILES string of the molecule is O=C(CSC1CCCC1)NCc1cccc(Oc2ccccn2)c1. The number of ether oxygens (including phenoxy) is 1. The van der Waals surface area contributed by atoms with Crippen molar-refractivity contribution in [3.05, 3.63) is 54.2 Å². The molecule has 0 radical (unpaired) electrons. The summed E-state index contributed by atoms with van der Waals surface area (Å²) in [6.45, 7) is 0.517. The fourth-order valence-corrected chi connectivity index (χ4v) is 3.90. The van der Waals surface area contributed by atoms with Crippen LogP contribution < -0.4 is 10.1 Å². The summed E-state index contributed by atoms with van der Waals surface area (Å²) in [6.07, 6.45) is 6.82. The van der Waals surface area contributed by atoms with Crippen molar-refractivity contribution in [1.82, 2.24) is 10.3 Å². The third-order valence-electron chi connectivity index (χ3n) is 4.00. The fourth-order valence-electron chi connectivity index (χ4n) is 2.75. The van der Waals surface area contributed by atoms with Crippen molar-refractivity contribution in [3.8, 4) is 11.6 Å². The highest BCUT2D eigenvalue weighted by Gasteiger charge is 2.16. The second-order valence-electron chi connectivity index (χ2n) is 5.91. The maximum absolute atomic E-state index is 12.0. The molecule has 1 N–H and O–H groups in total. The Morgan fingerprint density at radius 1 is 1.21 bits per heavy atom. The summed E-state index contributed by atoms with van der Waals surface area (Å²) in [5.41, 5.74) is 1.02. The molecular weight excluding hydrogens is 320 g/mol. The number of nitrogens with one attached hydrogen (secondary N) is 1. The number of carbonyl (C=O) groups excluding carboxylic acids is 1. The van der Waals surface area contributed by atoms with E-state index in [1.165, 1.54) is 25.7 Å². The molecule has 1 aromatic carbocycles. The molecule has 1 aromatic heterocycles. The van der Waals surface area contributed by atoms with Crippen LogP contribution in [0.2, 0.25) is 0 Å². The smallest absolute Gasteiger partial charge is 0.230 e. The fraction of sp³-hybridized carbons (Fsp3) is 0.368. The van der Waals surface area contributed by atoms with Gasteiger partial charge in [-0.3, -0.25) is 4.79 Å². The van der Waals surface area contributed by atoms with E-state index in [1.54, 1.807) is 18.0 Å². The van der Waals surface area contributed by atoms with E-state index in [2.05, 4.69) is 10.3 Å². The number of hydrogen-bond acceptors (Lipinski definition) is 4. The third kappa shape index (κ3) is 5.27. The van der Waals surface area contributed by atoms with Gasteiger partial charge in [-0.2, -0.15) is 0 Å². The minimum Gasteiger partial charge on any atom is -0.439 e. The maximum atomic E-state index is 12.0. The van der Waals surface area contributed by atoms with Crippen molar-refractivity contribution in [2.75, 3.05) is 5.75 Å². The Bertz CT molecular complexity index is 657. The number of thioether (sulfide) groups is 1. The van der Waals surface area contributed by atoms with Crippen molar-refractivity contribution in [2.45, 2.75) is 37.5 Å². The van der Waals surface area contributed by atoms with Crippen LogP contribution in [-0.2, 0) is 11.3 Å². The molecule has 0 bridgehead atoms. The van der Waals surface area contributed by atoms with Gasteiger partial charge in [-0.05, 0) is 36.6 Å². The number of aromatic nitrogens is 1. The Hall–Kier alpha value is -2.01. The van der Waals surface area contributed by atoms with E-state index < -0.39 is 0 Å². The molecule has 1 fully saturated rings. The lowest BCUT2D eigenvalue weighted by Gasteiger charge is -2.10. The lowest BCUT2D eigenvalue weighted by atomic mass is 10.2. The van der Waals surface area contributed by atoms with E-state index in [9.17, 15) is 4.79 Å². The summed E-state index contributed by atoms with van der Waals surface area (Å²) in [5.74, 6) is 1.93. The molecule has 4 nitrogen and oxygen atoms in total. The Labute approximate surface area is 147 Å². The number of hydrogen-bond donors (Lipinski definition) is 1. The van der Waals surface area contributed by atoms with Crippen molar-refractivity contribution >= 4 is 17.7 Å². The maximum Gasteiger partial charge on any atom is 0.230 e. The zero-order valence-corrected chi connectivity index (χ0v) is 14.4. The molecule has 1 aliphatic rings. The summed E-state index contributed by atoms with van der Waals surface area (Å²) < 4.78 is 5.71. The summed E-state index contributed by atoms with van der Waals surface area (Å²) in [7, 11) is 0. The van der Waals surface area contributed by atoms with Crippen LogP contribution in [0, 0.1) is 0 Å². The number of amides is 1. The first-order valence-corrected chi connectivity index (χ1v) is 9.40. The highest BCUT2D eigenvalue weighted by molar-refractivity contribution is 8.00. The average Bonchev–Trinajstić information content (AvgIpc) is 3.13.